The van der Waals surface area contributed by atoms with Gasteiger partial charge in [0.1, 0.15) is 0 Å². The van der Waals surface area contributed by atoms with Gasteiger partial charge in [-0.3, -0.25) is 9.59 Å². The second-order valence-electron chi connectivity index (χ2n) is 6.67. The quantitative estimate of drug-likeness (QED) is 0.836. The van der Waals surface area contributed by atoms with E-state index in [4.69, 9.17) is 0 Å². The molecule has 3 rings (SSSR count). The Morgan fingerprint density at radius 3 is 2.48 bits per heavy atom. The van der Waals surface area contributed by atoms with Crippen molar-refractivity contribution in [1.29, 1.82) is 0 Å². The van der Waals surface area contributed by atoms with Crippen molar-refractivity contribution in [3.8, 4) is 0 Å². The van der Waals surface area contributed by atoms with Crippen molar-refractivity contribution in [3.63, 3.8) is 0 Å². The van der Waals surface area contributed by atoms with Crippen LogP contribution in [0.25, 0.3) is 0 Å². The van der Waals surface area contributed by atoms with Crippen molar-refractivity contribution in [2.75, 3.05) is 5.32 Å². The molecule has 5 heteroatoms. The van der Waals surface area contributed by atoms with Gasteiger partial charge in [0.25, 0.3) is 11.8 Å². The first-order valence-electron chi connectivity index (χ1n) is 8.82. The smallest absolute Gasteiger partial charge is 0.266 e. The van der Waals surface area contributed by atoms with Crippen LogP contribution in [0.15, 0.2) is 29.6 Å². The molecule has 0 unspecified atom stereocenters. The zero-order valence-electron chi connectivity index (χ0n) is 14.7. The number of anilines is 1. The van der Waals surface area contributed by atoms with Crippen molar-refractivity contribution >= 4 is 28.8 Å². The molecule has 25 heavy (non-hydrogen) atoms. The Balaban J connectivity index is 1.74. The van der Waals surface area contributed by atoms with Gasteiger partial charge >= 0.3 is 0 Å². The zero-order valence-corrected chi connectivity index (χ0v) is 15.5. The molecule has 2 amide bonds. The Labute approximate surface area is 152 Å². The average molecular weight is 356 g/mol. The molecule has 1 saturated carbocycles. The fourth-order valence-corrected chi connectivity index (χ4v) is 4.13. The first kappa shape index (κ1) is 17.7. The summed E-state index contributed by atoms with van der Waals surface area (Å²) in [6.07, 6.45) is 5.73. The van der Waals surface area contributed by atoms with Gasteiger partial charge in [0.2, 0.25) is 0 Å². The summed E-state index contributed by atoms with van der Waals surface area (Å²) in [6, 6.07) is 7.68. The molecule has 0 radical (unpaired) electrons. The summed E-state index contributed by atoms with van der Waals surface area (Å²) in [5, 5.41) is 8.00. The summed E-state index contributed by atoms with van der Waals surface area (Å²) in [6.45, 7) is 3.80. The molecular formula is C20H24N2O2S. The van der Waals surface area contributed by atoms with Crippen LogP contribution >= 0.6 is 11.3 Å². The monoisotopic (exact) mass is 356 g/mol. The van der Waals surface area contributed by atoms with Gasteiger partial charge in [-0.1, -0.05) is 25.3 Å². The summed E-state index contributed by atoms with van der Waals surface area (Å²) < 4.78 is 0. The predicted octanol–water partition coefficient (Wildman–Crippen LogP) is 4.68. The number of amides is 2. The fourth-order valence-electron chi connectivity index (χ4n) is 3.31. The van der Waals surface area contributed by atoms with Gasteiger partial charge in [0.15, 0.2) is 0 Å². The van der Waals surface area contributed by atoms with Crippen LogP contribution in [0.3, 0.4) is 0 Å². The second-order valence-corrected chi connectivity index (χ2v) is 7.59. The Hall–Kier alpha value is -2.14. The molecule has 1 fully saturated rings. The summed E-state index contributed by atoms with van der Waals surface area (Å²) in [4.78, 5) is 25.8. The highest BCUT2D eigenvalue weighted by Gasteiger charge is 2.19. The number of rotatable bonds is 4. The van der Waals surface area contributed by atoms with Crippen LogP contribution in [0, 0.1) is 13.8 Å². The van der Waals surface area contributed by atoms with E-state index in [2.05, 4.69) is 10.6 Å². The normalized spacial score (nSPS) is 15.0. The van der Waals surface area contributed by atoms with E-state index in [0.717, 1.165) is 24.0 Å². The minimum Gasteiger partial charge on any atom is -0.349 e. The first-order valence-corrected chi connectivity index (χ1v) is 9.70. The molecule has 1 aromatic heterocycles. The first-order chi connectivity index (χ1) is 12.1. The second kappa shape index (κ2) is 7.83. The lowest BCUT2D eigenvalue weighted by Crippen LogP contribution is -2.36. The standard InChI is InChI=1S/C20H24N2O2S/c1-13-11-12-25-18(13)20(24)22-17-10-6-9-16(14(17)2)19(23)21-15-7-4-3-5-8-15/h6,9-12,15H,3-5,7-8H2,1-2H3,(H,21,23)(H,22,24). The van der Waals surface area contributed by atoms with E-state index >= 15 is 0 Å². The van der Waals surface area contributed by atoms with E-state index in [-0.39, 0.29) is 17.9 Å². The largest absolute Gasteiger partial charge is 0.349 e. The molecular weight excluding hydrogens is 332 g/mol. The summed E-state index contributed by atoms with van der Waals surface area (Å²) >= 11 is 1.43. The molecule has 1 aliphatic carbocycles. The zero-order chi connectivity index (χ0) is 17.8. The van der Waals surface area contributed by atoms with Crippen LogP contribution in [-0.4, -0.2) is 17.9 Å². The Morgan fingerprint density at radius 2 is 1.80 bits per heavy atom. The molecule has 0 bridgehead atoms. The lowest BCUT2D eigenvalue weighted by Gasteiger charge is -2.23. The van der Waals surface area contributed by atoms with Crippen molar-refractivity contribution < 1.29 is 9.59 Å². The fraction of sp³-hybridized carbons (Fsp3) is 0.400. The van der Waals surface area contributed by atoms with E-state index in [9.17, 15) is 9.59 Å². The molecule has 4 nitrogen and oxygen atoms in total. The van der Waals surface area contributed by atoms with Crippen LogP contribution in [-0.2, 0) is 0 Å². The molecule has 0 spiro atoms. The summed E-state index contributed by atoms with van der Waals surface area (Å²) in [5.41, 5.74) is 3.09. The topological polar surface area (TPSA) is 58.2 Å². The van der Waals surface area contributed by atoms with Gasteiger partial charge in [0.05, 0.1) is 4.88 Å². The third-order valence-electron chi connectivity index (χ3n) is 4.84. The van der Waals surface area contributed by atoms with Gasteiger partial charge in [-0.25, -0.2) is 0 Å². The van der Waals surface area contributed by atoms with E-state index in [1.807, 2.05) is 43.5 Å². The minimum absolute atomic E-state index is 0.0483. The molecule has 1 aromatic carbocycles. The van der Waals surface area contributed by atoms with Gasteiger partial charge in [-0.05, 0) is 61.4 Å². The Morgan fingerprint density at radius 1 is 1.04 bits per heavy atom. The number of carbonyl (C=O) groups excluding carboxylic acids is 2. The minimum atomic E-state index is -0.125. The number of benzene rings is 1. The molecule has 2 aromatic rings. The SMILES string of the molecule is Cc1ccsc1C(=O)Nc1cccc(C(=O)NC2CCCCC2)c1C. The van der Waals surface area contributed by atoms with E-state index < -0.39 is 0 Å². The van der Waals surface area contributed by atoms with Gasteiger partial charge in [-0.15, -0.1) is 11.3 Å². The average Bonchev–Trinajstić information content (AvgIpc) is 3.03. The molecule has 2 N–H and O–H groups in total. The van der Waals surface area contributed by atoms with Gasteiger partial charge < -0.3 is 10.6 Å². The van der Waals surface area contributed by atoms with Crippen LogP contribution in [0.2, 0.25) is 0 Å². The molecule has 0 atom stereocenters. The maximum Gasteiger partial charge on any atom is 0.266 e. The highest BCUT2D eigenvalue weighted by Crippen LogP contribution is 2.23. The lowest BCUT2D eigenvalue weighted by molar-refractivity contribution is 0.0926. The Bertz CT molecular complexity index is 776. The third kappa shape index (κ3) is 4.10. The summed E-state index contributed by atoms with van der Waals surface area (Å²) in [5.74, 6) is -0.173. The number of thiophene rings is 1. The van der Waals surface area contributed by atoms with Crippen LogP contribution < -0.4 is 10.6 Å². The summed E-state index contributed by atoms with van der Waals surface area (Å²) in [7, 11) is 0. The van der Waals surface area contributed by atoms with Crippen molar-refractivity contribution in [3.05, 3.63) is 51.2 Å². The lowest BCUT2D eigenvalue weighted by atomic mass is 9.95. The predicted molar refractivity (Wildman–Crippen MR) is 103 cm³/mol. The number of hydrogen-bond donors (Lipinski definition) is 2. The number of carbonyl (C=O) groups is 2. The van der Waals surface area contributed by atoms with Crippen LogP contribution in [0.5, 0.6) is 0 Å². The molecule has 132 valence electrons. The van der Waals surface area contributed by atoms with Gasteiger partial charge in [-0.2, -0.15) is 0 Å². The number of aryl methyl sites for hydroxylation is 1. The van der Waals surface area contributed by atoms with Crippen molar-refractivity contribution in [2.45, 2.75) is 52.0 Å². The maximum atomic E-state index is 12.6. The molecule has 1 heterocycles. The van der Waals surface area contributed by atoms with E-state index in [1.165, 1.54) is 30.6 Å². The molecule has 1 aliphatic rings. The number of nitrogens with one attached hydrogen (secondary N) is 2. The van der Waals surface area contributed by atoms with E-state index in [0.29, 0.717) is 16.1 Å². The van der Waals surface area contributed by atoms with Gasteiger partial charge in [0, 0.05) is 17.3 Å². The molecule has 0 aliphatic heterocycles. The highest BCUT2D eigenvalue weighted by atomic mass is 32.1. The van der Waals surface area contributed by atoms with Crippen LogP contribution in [0.4, 0.5) is 5.69 Å². The van der Waals surface area contributed by atoms with E-state index in [1.54, 1.807) is 0 Å². The van der Waals surface area contributed by atoms with Crippen LogP contribution in [0.1, 0.15) is 63.3 Å². The Kier molecular flexibility index (Phi) is 5.53. The van der Waals surface area contributed by atoms with Crippen molar-refractivity contribution in [2.24, 2.45) is 0 Å². The third-order valence-corrected chi connectivity index (χ3v) is 5.85. The maximum absolute atomic E-state index is 12.6. The number of hydrogen-bond acceptors (Lipinski definition) is 3. The van der Waals surface area contributed by atoms with Crippen molar-refractivity contribution in [1.82, 2.24) is 5.32 Å². The highest BCUT2D eigenvalue weighted by molar-refractivity contribution is 7.12. The molecule has 0 saturated heterocycles.